The van der Waals surface area contributed by atoms with Gasteiger partial charge in [-0.15, -0.1) is 34.9 Å². The average molecular weight is 616 g/mol. The number of hydrogen-bond acceptors (Lipinski definition) is 5. The Bertz CT molecular complexity index is 1480. The summed E-state index contributed by atoms with van der Waals surface area (Å²) in [6.45, 7) is 6.97. The van der Waals surface area contributed by atoms with Crippen molar-refractivity contribution in [1.29, 1.82) is 0 Å². The van der Waals surface area contributed by atoms with Crippen molar-refractivity contribution in [2.24, 2.45) is 0 Å². The maximum atomic E-state index is 10.0. The van der Waals surface area contributed by atoms with E-state index in [0.29, 0.717) is 0 Å². The fourth-order valence-electron chi connectivity index (χ4n) is 3.81. The Kier molecular flexibility index (Phi) is 7.42. The van der Waals surface area contributed by atoms with Crippen LogP contribution in [0.5, 0.6) is 0 Å². The van der Waals surface area contributed by atoms with Crippen LogP contribution < -0.4 is 0 Å². The second-order valence-electron chi connectivity index (χ2n) is 7.82. The number of nitrogens with zero attached hydrogens (tertiary/aromatic N) is 2. The minimum Gasteiger partial charge on any atom is -0.512 e. The van der Waals surface area contributed by atoms with Crippen LogP contribution in [0.25, 0.3) is 44.1 Å². The molecule has 3 aromatic carbocycles. The molecule has 0 aliphatic carbocycles. The predicted octanol–water partition coefficient (Wildman–Crippen LogP) is 6.65. The van der Waals surface area contributed by atoms with Gasteiger partial charge in [0.2, 0.25) is 0 Å². The largest absolute Gasteiger partial charge is 0.512 e. The van der Waals surface area contributed by atoms with Gasteiger partial charge in [0, 0.05) is 42.6 Å². The van der Waals surface area contributed by atoms with E-state index in [9.17, 15) is 4.79 Å². The molecule has 5 nitrogen and oxygen atoms in total. The molecule has 169 valence electrons. The Balaban J connectivity index is 0.000000337. The van der Waals surface area contributed by atoms with Crippen LogP contribution in [0.3, 0.4) is 0 Å². The van der Waals surface area contributed by atoms with Gasteiger partial charge in [-0.3, -0.25) is 9.78 Å². The van der Waals surface area contributed by atoms with Crippen molar-refractivity contribution < 1.29 is 34.4 Å². The number of aliphatic hydroxyl groups excluding tert-OH is 1. The molecular weight excluding hydrogens is 593 g/mol. The molecule has 6 heteroatoms. The number of aliphatic hydroxyl groups is 1. The number of benzene rings is 3. The Hall–Kier alpha value is -3.34. The Morgan fingerprint density at radius 2 is 1.76 bits per heavy atom. The monoisotopic (exact) mass is 616 g/mol. The van der Waals surface area contributed by atoms with Crippen molar-refractivity contribution in [3.63, 3.8) is 0 Å². The molecule has 33 heavy (non-hydrogen) atoms. The number of carbonyl (C=O) groups is 1. The minimum absolute atomic E-state index is 0. The van der Waals surface area contributed by atoms with Gasteiger partial charge >= 0.3 is 0 Å². The van der Waals surface area contributed by atoms with E-state index in [1.165, 1.54) is 25.5 Å². The van der Waals surface area contributed by atoms with E-state index in [0.717, 1.165) is 49.7 Å². The summed E-state index contributed by atoms with van der Waals surface area (Å²) in [5, 5.41) is 11.6. The maximum absolute atomic E-state index is 10.0. The molecule has 0 saturated carbocycles. The van der Waals surface area contributed by atoms with E-state index in [4.69, 9.17) is 9.52 Å². The third-order valence-corrected chi connectivity index (χ3v) is 4.96. The predicted molar refractivity (Wildman–Crippen MR) is 128 cm³/mol. The molecule has 1 radical (unpaired) electrons. The van der Waals surface area contributed by atoms with Gasteiger partial charge in [-0.1, -0.05) is 44.2 Å². The topological polar surface area (TPSA) is 76.2 Å². The summed E-state index contributed by atoms with van der Waals surface area (Å²) < 4.78 is 6.29. The van der Waals surface area contributed by atoms with E-state index in [1.54, 1.807) is 6.33 Å². The Morgan fingerprint density at radius 3 is 2.42 bits per heavy atom. The third-order valence-electron chi connectivity index (χ3n) is 4.96. The Labute approximate surface area is 205 Å². The van der Waals surface area contributed by atoms with Crippen molar-refractivity contribution in [2.45, 2.75) is 27.7 Å². The summed E-state index contributed by atoms with van der Waals surface area (Å²) >= 11 is 0. The SMILES string of the molecule is CC(=O)/C=C(/C)O.Cc1[c-]c(-c2ncnc3c2oc2c4ccccc4ccc32)cc(C)c1.[Ir]. The molecule has 0 amide bonds. The van der Waals surface area contributed by atoms with E-state index in [-0.39, 0.29) is 31.6 Å². The van der Waals surface area contributed by atoms with Gasteiger partial charge in [0.25, 0.3) is 0 Å². The smallest absolute Gasteiger partial charge is 0.155 e. The van der Waals surface area contributed by atoms with Crippen molar-refractivity contribution >= 4 is 38.6 Å². The van der Waals surface area contributed by atoms with Crippen molar-refractivity contribution in [3.05, 3.63) is 83.9 Å². The number of hydrogen-bond donors (Lipinski definition) is 1. The molecule has 0 spiro atoms. The normalized spacial score (nSPS) is 11.2. The summed E-state index contributed by atoms with van der Waals surface area (Å²) in [5.74, 6) is -0.0625. The van der Waals surface area contributed by atoms with Crippen LogP contribution in [0.4, 0.5) is 0 Å². The molecule has 2 heterocycles. The summed E-state index contributed by atoms with van der Waals surface area (Å²) in [6, 6.07) is 20.0. The minimum atomic E-state index is -0.125. The molecule has 1 N–H and O–H groups in total. The van der Waals surface area contributed by atoms with Gasteiger partial charge < -0.3 is 9.52 Å². The quantitative estimate of drug-likeness (QED) is 0.137. The molecule has 2 aromatic heterocycles. The van der Waals surface area contributed by atoms with Crippen molar-refractivity contribution in [1.82, 2.24) is 9.97 Å². The fraction of sp³-hybridized carbons (Fsp3) is 0.148. The van der Waals surface area contributed by atoms with Crippen LogP contribution in [-0.2, 0) is 24.9 Å². The first-order valence-corrected chi connectivity index (χ1v) is 10.3. The zero-order chi connectivity index (χ0) is 22.8. The molecule has 0 aliphatic rings. The molecule has 0 atom stereocenters. The van der Waals surface area contributed by atoms with Gasteiger partial charge in [0.15, 0.2) is 5.78 Å². The Morgan fingerprint density at radius 1 is 1.00 bits per heavy atom. The first-order chi connectivity index (χ1) is 15.3. The standard InChI is InChI=1S/C22H15N2O.C5H8O2.Ir/c1-13-9-14(2)11-16(10-13)19-22-20(24-12-23-19)18-8-7-15-5-3-4-6-17(15)21(18)25-22;1-4(6)3-5(2)7;/h3-10,12H,1-2H3;3,6H,1-2H3;/q-1;;/b;4-3-;. The number of fused-ring (bicyclic) bond motifs is 5. The van der Waals surface area contributed by atoms with Gasteiger partial charge in [-0.05, 0) is 25.3 Å². The second-order valence-corrected chi connectivity index (χ2v) is 7.82. The number of furan rings is 1. The van der Waals surface area contributed by atoms with Crippen LogP contribution in [0.1, 0.15) is 25.0 Å². The first-order valence-electron chi connectivity index (χ1n) is 10.3. The van der Waals surface area contributed by atoms with Gasteiger partial charge in [-0.2, -0.15) is 0 Å². The number of allylic oxidation sites excluding steroid dienone is 2. The van der Waals surface area contributed by atoms with E-state index < -0.39 is 0 Å². The number of ketones is 1. The summed E-state index contributed by atoms with van der Waals surface area (Å²) in [5.41, 5.74) is 6.42. The molecule has 0 fully saturated rings. The third kappa shape index (κ3) is 5.19. The molecule has 0 aliphatic heterocycles. The van der Waals surface area contributed by atoms with Crippen LogP contribution in [-0.4, -0.2) is 20.9 Å². The number of carbonyl (C=O) groups excluding carboxylic acids is 1. The summed E-state index contributed by atoms with van der Waals surface area (Å²) in [7, 11) is 0. The van der Waals surface area contributed by atoms with Gasteiger partial charge in [0.1, 0.15) is 23.0 Å². The van der Waals surface area contributed by atoms with Crippen molar-refractivity contribution in [2.75, 3.05) is 0 Å². The molecule has 0 saturated heterocycles. The number of aromatic nitrogens is 2. The van der Waals surface area contributed by atoms with Crippen LogP contribution in [0.2, 0.25) is 0 Å². The molecule has 5 rings (SSSR count). The first kappa shape index (κ1) is 24.3. The van der Waals surface area contributed by atoms with Crippen LogP contribution in [0, 0.1) is 19.9 Å². The number of rotatable bonds is 2. The van der Waals surface area contributed by atoms with E-state index in [1.807, 2.05) is 19.1 Å². The number of aryl methyl sites for hydroxylation is 2. The molecular formula is C27H23IrN2O3-. The molecule has 0 bridgehead atoms. The zero-order valence-corrected chi connectivity index (χ0v) is 21.2. The molecule has 0 unspecified atom stereocenters. The van der Waals surface area contributed by atoms with Gasteiger partial charge in [0.05, 0.1) is 5.76 Å². The van der Waals surface area contributed by atoms with Crippen LogP contribution in [0.15, 0.2) is 71.1 Å². The fourth-order valence-corrected chi connectivity index (χ4v) is 3.81. The van der Waals surface area contributed by atoms with Crippen LogP contribution >= 0.6 is 0 Å². The summed E-state index contributed by atoms with van der Waals surface area (Å²) in [6.07, 6.45) is 2.77. The van der Waals surface area contributed by atoms with E-state index >= 15 is 0 Å². The van der Waals surface area contributed by atoms with E-state index in [2.05, 4.69) is 59.4 Å². The summed E-state index contributed by atoms with van der Waals surface area (Å²) in [4.78, 5) is 19.0. The van der Waals surface area contributed by atoms with Crippen molar-refractivity contribution in [3.8, 4) is 11.3 Å². The van der Waals surface area contributed by atoms with Gasteiger partial charge in [-0.25, -0.2) is 4.98 Å². The average Bonchev–Trinajstić information content (AvgIpc) is 3.12. The second kappa shape index (κ2) is 10.1. The maximum Gasteiger partial charge on any atom is 0.155 e. The molecule has 5 aromatic rings. The zero-order valence-electron chi connectivity index (χ0n) is 18.8.